The van der Waals surface area contributed by atoms with E-state index >= 15 is 0 Å². The van der Waals surface area contributed by atoms with Gasteiger partial charge in [0, 0.05) is 17.4 Å². The van der Waals surface area contributed by atoms with E-state index in [1.165, 1.54) is 16.9 Å². The molecule has 172 valence electrons. The van der Waals surface area contributed by atoms with Crippen molar-refractivity contribution in [2.75, 3.05) is 11.5 Å². The van der Waals surface area contributed by atoms with E-state index in [0.717, 1.165) is 51.6 Å². The van der Waals surface area contributed by atoms with Crippen molar-refractivity contribution in [3.63, 3.8) is 0 Å². The summed E-state index contributed by atoms with van der Waals surface area (Å²) in [5, 5.41) is 9.97. The lowest BCUT2D eigenvalue weighted by Crippen LogP contribution is -2.47. The van der Waals surface area contributed by atoms with Crippen LogP contribution in [0, 0.1) is 23.2 Å². The average molecular weight is 456 g/mol. The molecule has 2 heterocycles. The molecule has 0 aromatic carbocycles. The van der Waals surface area contributed by atoms with Crippen molar-refractivity contribution < 1.29 is 19.4 Å². The molecule has 1 N–H and O–H groups in total. The van der Waals surface area contributed by atoms with Crippen LogP contribution in [0.1, 0.15) is 87.2 Å². The highest BCUT2D eigenvalue weighted by molar-refractivity contribution is 7.15. The van der Waals surface area contributed by atoms with Gasteiger partial charge >= 0.3 is 5.97 Å². The van der Waals surface area contributed by atoms with E-state index in [4.69, 9.17) is 4.74 Å². The van der Waals surface area contributed by atoms with Crippen LogP contribution in [0.25, 0.3) is 0 Å². The molecule has 0 bridgehead atoms. The summed E-state index contributed by atoms with van der Waals surface area (Å²) < 4.78 is 5.67. The number of nitrogens with zero attached hydrogens (tertiary/aromatic N) is 1. The second kappa shape index (κ2) is 8.68. The van der Waals surface area contributed by atoms with Crippen molar-refractivity contribution in [3.05, 3.63) is 27.5 Å². The van der Waals surface area contributed by atoms with Gasteiger partial charge in [0.15, 0.2) is 0 Å². The fourth-order valence-corrected chi connectivity index (χ4v) is 5.53. The third kappa shape index (κ3) is 5.10. The average Bonchev–Trinajstić information content (AvgIpc) is 3.35. The smallest absolute Gasteiger partial charge is 0.348 e. The Balaban J connectivity index is 1.70. The van der Waals surface area contributed by atoms with Gasteiger partial charge in [-0.1, -0.05) is 23.5 Å². The van der Waals surface area contributed by atoms with Crippen molar-refractivity contribution in [2.45, 2.75) is 84.3 Å². The number of anilines is 1. The number of hydrogen-bond acceptors (Lipinski definition) is 4. The molecule has 2 aliphatic carbocycles. The third-order valence-electron chi connectivity index (χ3n) is 6.74. The zero-order valence-electron chi connectivity index (χ0n) is 19.5. The number of rotatable bonds is 4. The lowest BCUT2D eigenvalue weighted by atomic mass is 9.83. The van der Waals surface area contributed by atoms with E-state index in [1.54, 1.807) is 0 Å². The number of hydrogen-bond donors (Lipinski definition) is 1. The van der Waals surface area contributed by atoms with Gasteiger partial charge in [-0.3, -0.25) is 4.79 Å². The van der Waals surface area contributed by atoms with E-state index in [-0.39, 0.29) is 33.8 Å². The topological polar surface area (TPSA) is 70.1 Å². The fourth-order valence-electron chi connectivity index (χ4n) is 4.68. The van der Waals surface area contributed by atoms with Gasteiger partial charge in [-0.05, 0) is 78.7 Å². The minimum Gasteiger partial charge on any atom is -0.477 e. The number of amides is 1. The molecule has 6 heteroatoms. The standard InChI is InChI=1S/C26H33NO4S/c1-17-5-7-18(8-6-17)23(28)27(19-9-13-26(14-10-19)16-31-26)21-15-20(11-12-25(2,3)4)32-22(21)24(29)30/h5,15,18-19H,6-10,13-14,16H2,1-4H3,(H,29,30)/t18-,19-,26-/m0/s1. The van der Waals surface area contributed by atoms with Crippen LogP contribution in [-0.4, -0.2) is 35.2 Å². The van der Waals surface area contributed by atoms with Crippen LogP contribution in [0.4, 0.5) is 5.69 Å². The molecule has 1 aliphatic heterocycles. The van der Waals surface area contributed by atoms with E-state index in [1.807, 2.05) is 31.7 Å². The molecule has 1 spiro atoms. The number of epoxide rings is 1. The van der Waals surface area contributed by atoms with Crippen molar-refractivity contribution in [1.29, 1.82) is 0 Å². The number of carbonyl (C=O) groups excluding carboxylic acids is 1. The van der Waals surface area contributed by atoms with E-state index in [0.29, 0.717) is 10.6 Å². The molecule has 1 amide bonds. The third-order valence-corrected chi connectivity index (χ3v) is 7.76. The first kappa shape index (κ1) is 23.1. The highest BCUT2D eigenvalue weighted by Gasteiger charge is 2.49. The Bertz CT molecular complexity index is 989. The second-order valence-electron chi connectivity index (χ2n) is 10.6. The highest BCUT2D eigenvalue weighted by atomic mass is 32.1. The summed E-state index contributed by atoms with van der Waals surface area (Å²) in [7, 11) is 0. The molecule has 5 nitrogen and oxygen atoms in total. The molecule has 2 fully saturated rings. The largest absolute Gasteiger partial charge is 0.477 e. The number of aromatic carboxylic acids is 1. The summed E-state index contributed by atoms with van der Waals surface area (Å²) in [6.45, 7) is 9.00. The molecule has 1 saturated carbocycles. The number of allylic oxidation sites excluding steroid dienone is 2. The minimum atomic E-state index is -0.996. The number of thiophene rings is 1. The van der Waals surface area contributed by atoms with Gasteiger partial charge in [-0.15, -0.1) is 11.3 Å². The highest BCUT2D eigenvalue weighted by Crippen LogP contribution is 2.45. The normalized spacial score (nSPS) is 27.3. The van der Waals surface area contributed by atoms with Crippen molar-refractivity contribution in [2.24, 2.45) is 11.3 Å². The van der Waals surface area contributed by atoms with Gasteiger partial charge in [-0.25, -0.2) is 4.79 Å². The molecule has 1 aromatic heterocycles. The van der Waals surface area contributed by atoms with Crippen molar-refractivity contribution in [3.8, 4) is 11.8 Å². The predicted octanol–water partition coefficient (Wildman–Crippen LogP) is 5.63. The van der Waals surface area contributed by atoms with E-state index in [2.05, 4.69) is 24.8 Å². The van der Waals surface area contributed by atoms with E-state index in [9.17, 15) is 14.7 Å². The summed E-state index contributed by atoms with van der Waals surface area (Å²) in [6, 6.07) is 1.83. The Hall–Kier alpha value is -2.10. The van der Waals surface area contributed by atoms with Crippen LogP contribution in [0.3, 0.4) is 0 Å². The summed E-state index contributed by atoms with van der Waals surface area (Å²) in [5.41, 5.74) is 1.68. The quantitative estimate of drug-likeness (QED) is 0.363. The molecular formula is C26H33NO4S. The molecule has 0 unspecified atom stereocenters. The lowest BCUT2D eigenvalue weighted by Gasteiger charge is -2.38. The van der Waals surface area contributed by atoms with Crippen LogP contribution in [0.5, 0.6) is 0 Å². The van der Waals surface area contributed by atoms with Gasteiger partial charge < -0.3 is 14.7 Å². The maximum Gasteiger partial charge on any atom is 0.348 e. The number of ether oxygens (including phenoxy) is 1. The molecule has 1 saturated heterocycles. The van der Waals surface area contributed by atoms with Gasteiger partial charge in [0.1, 0.15) is 4.88 Å². The summed E-state index contributed by atoms with van der Waals surface area (Å²) in [4.78, 5) is 28.7. The molecule has 0 radical (unpaired) electrons. The first-order valence-electron chi connectivity index (χ1n) is 11.6. The summed E-state index contributed by atoms with van der Waals surface area (Å²) in [5.74, 6) is 5.30. The Labute approximate surface area is 194 Å². The van der Waals surface area contributed by atoms with Gasteiger partial charge in [0.05, 0.1) is 22.8 Å². The maximum atomic E-state index is 13.8. The number of carboxylic acid groups (broad SMARTS) is 1. The van der Waals surface area contributed by atoms with Gasteiger partial charge in [0.2, 0.25) is 5.91 Å². The molecule has 1 aromatic rings. The molecule has 32 heavy (non-hydrogen) atoms. The van der Waals surface area contributed by atoms with E-state index < -0.39 is 5.97 Å². The zero-order valence-corrected chi connectivity index (χ0v) is 20.3. The lowest BCUT2D eigenvalue weighted by molar-refractivity contribution is -0.123. The molecule has 4 rings (SSSR count). The molecule has 3 aliphatic rings. The number of carbonyl (C=O) groups is 2. The molecule has 1 atom stereocenters. The van der Waals surface area contributed by atoms with Crippen LogP contribution in [0.2, 0.25) is 0 Å². The van der Waals surface area contributed by atoms with Gasteiger partial charge in [0.25, 0.3) is 0 Å². The van der Waals surface area contributed by atoms with Crippen LogP contribution in [-0.2, 0) is 9.53 Å². The Morgan fingerprint density at radius 3 is 2.47 bits per heavy atom. The monoisotopic (exact) mass is 455 g/mol. The van der Waals surface area contributed by atoms with Gasteiger partial charge in [-0.2, -0.15) is 0 Å². The first-order chi connectivity index (χ1) is 15.1. The van der Waals surface area contributed by atoms with Crippen molar-refractivity contribution >= 4 is 28.9 Å². The Morgan fingerprint density at radius 1 is 1.25 bits per heavy atom. The number of carboxylic acids is 1. The fraction of sp³-hybridized carbons (Fsp3) is 0.615. The SMILES string of the molecule is CC1=CC[C@H](C(=O)N(c2cc(C#CC(C)(C)C)sc2C(=O)O)[C@H]2CC[C@]3(CC2)CO3)CC1. The zero-order chi connectivity index (χ0) is 23.1. The second-order valence-corrected chi connectivity index (χ2v) is 11.6. The Kier molecular flexibility index (Phi) is 6.26. The minimum absolute atomic E-state index is 0.000420. The predicted molar refractivity (Wildman–Crippen MR) is 127 cm³/mol. The van der Waals surface area contributed by atoms with Crippen LogP contribution < -0.4 is 4.90 Å². The Morgan fingerprint density at radius 2 is 1.94 bits per heavy atom. The van der Waals surface area contributed by atoms with Crippen LogP contribution in [0.15, 0.2) is 17.7 Å². The van der Waals surface area contributed by atoms with Crippen molar-refractivity contribution in [1.82, 2.24) is 0 Å². The first-order valence-corrected chi connectivity index (χ1v) is 12.4. The summed E-state index contributed by atoms with van der Waals surface area (Å²) >= 11 is 1.17. The van der Waals surface area contributed by atoms with Crippen LogP contribution >= 0.6 is 11.3 Å². The molecular weight excluding hydrogens is 422 g/mol. The maximum absolute atomic E-state index is 13.8. The summed E-state index contributed by atoms with van der Waals surface area (Å²) in [6.07, 6.45) is 8.15.